The summed E-state index contributed by atoms with van der Waals surface area (Å²) in [5, 5.41) is 0. The quantitative estimate of drug-likeness (QED) is 0.710. The van der Waals surface area contributed by atoms with Crippen molar-refractivity contribution in [3.8, 4) is 0 Å². The second kappa shape index (κ2) is 7.88. The van der Waals surface area contributed by atoms with Gasteiger partial charge in [-0.1, -0.05) is 31.9 Å². The first kappa shape index (κ1) is 13.8. The Bertz CT molecular complexity index is 317. The summed E-state index contributed by atoms with van der Waals surface area (Å²) in [5.74, 6) is 0.611. The molecule has 94 valence electrons. The van der Waals surface area contributed by atoms with Crippen LogP contribution >= 0.6 is 0 Å². The third-order valence-electron chi connectivity index (χ3n) is 2.89. The predicted molar refractivity (Wildman–Crippen MR) is 73.9 cm³/mol. The Hall–Kier alpha value is -1.31. The van der Waals surface area contributed by atoms with Crippen molar-refractivity contribution in [3.05, 3.63) is 42.4 Å². The molecule has 0 radical (unpaired) electrons. The SMILES string of the molecule is CCCCC(CC=CN(C)C)c1cccnc1. The smallest absolute Gasteiger partial charge is 0.0302 e. The molecule has 0 saturated heterocycles. The molecule has 1 atom stereocenters. The van der Waals surface area contributed by atoms with E-state index in [1.165, 1.54) is 24.8 Å². The van der Waals surface area contributed by atoms with Crippen LogP contribution in [0.5, 0.6) is 0 Å². The van der Waals surface area contributed by atoms with Gasteiger partial charge in [0.05, 0.1) is 0 Å². The Morgan fingerprint density at radius 3 is 2.82 bits per heavy atom. The average Bonchev–Trinajstić information content (AvgIpc) is 2.34. The topological polar surface area (TPSA) is 16.1 Å². The van der Waals surface area contributed by atoms with Gasteiger partial charge in [-0.25, -0.2) is 0 Å². The molecule has 1 rings (SSSR count). The van der Waals surface area contributed by atoms with Crippen molar-refractivity contribution in [1.82, 2.24) is 9.88 Å². The number of aromatic nitrogens is 1. The fourth-order valence-corrected chi connectivity index (χ4v) is 1.92. The van der Waals surface area contributed by atoms with Gasteiger partial charge in [0.2, 0.25) is 0 Å². The highest BCUT2D eigenvalue weighted by atomic mass is 15.0. The van der Waals surface area contributed by atoms with Crippen LogP contribution in [0.1, 0.15) is 44.1 Å². The Balaban J connectivity index is 2.61. The zero-order valence-electron chi connectivity index (χ0n) is 11.3. The summed E-state index contributed by atoms with van der Waals surface area (Å²) in [6, 6.07) is 4.22. The van der Waals surface area contributed by atoms with Crippen LogP contribution in [0.3, 0.4) is 0 Å². The van der Waals surface area contributed by atoms with Gasteiger partial charge in [0.15, 0.2) is 0 Å². The normalized spacial score (nSPS) is 12.9. The monoisotopic (exact) mass is 232 g/mol. The number of hydrogen-bond acceptors (Lipinski definition) is 2. The van der Waals surface area contributed by atoms with Crippen molar-refractivity contribution >= 4 is 0 Å². The third kappa shape index (κ3) is 5.53. The van der Waals surface area contributed by atoms with Crippen molar-refractivity contribution < 1.29 is 0 Å². The molecule has 0 N–H and O–H groups in total. The number of hydrogen-bond donors (Lipinski definition) is 0. The van der Waals surface area contributed by atoms with Crippen LogP contribution in [0.15, 0.2) is 36.8 Å². The van der Waals surface area contributed by atoms with E-state index in [0.717, 1.165) is 6.42 Å². The largest absolute Gasteiger partial charge is 0.384 e. The highest BCUT2D eigenvalue weighted by Crippen LogP contribution is 2.25. The molecule has 0 amide bonds. The highest BCUT2D eigenvalue weighted by Gasteiger charge is 2.09. The standard InChI is InChI=1S/C15H24N2/c1-4-5-8-14(10-7-12-17(2)3)15-9-6-11-16-13-15/h6-7,9,11-14H,4-5,8,10H2,1-3H3. The van der Waals surface area contributed by atoms with E-state index in [4.69, 9.17) is 0 Å². The van der Waals surface area contributed by atoms with Crippen LogP contribution in [-0.2, 0) is 0 Å². The minimum atomic E-state index is 0.611. The van der Waals surface area contributed by atoms with Gasteiger partial charge in [-0.05, 0) is 36.6 Å². The van der Waals surface area contributed by atoms with E-state index in [2.05, 4.69) is 49.2 Å². The van der Waals surface area contributed by atoms with Crippen LogP contribution in [0.4, 0.5) is 0 Å². The van der Waals surface area contributed by atoms with E-state index in [-0.39, 0.29) is 0 Å². The molecule has 1 heterocycles. The maximum Gasteiger partial charge on any atom is 0.0302 e. The molecule has 0 aromatic carbocycles. The van der Waals surface area contributed by atoms with Crippen molar-refractivity contribution in [2.45, 2.75) is 38.5 Å². The van der Waals surface area contributed by atoms with Gasteiger partial charge in [0.1, 0.15) is 0 Å². The van der Waals surface area contributed by atoms with E-state index in [1.54, 1.807) is 0 Å². The van der Waals surface area contributed by atoms with Crippen LogP contribution in [0.25, 0.3) is 0 Å². The minimum absolute atomic E-state index is 0.611. The third-order valence-corrected chi connectivity index (χ3v) is 2.89. The lowest BCUT2D eigenvalue weighted by Gasteiger charge is -2.15. The summed E-state index contributed by atoms with van der Waals surface area (Å²) in [6.45, 7) is 2.25. The molecular formula is C15H24N2. The molecule has 0 saturated carbocycles. The van der Waals surface area contributed by atoms with Gasteiger partial charge in [-0.15, -0.1) is 0 Å². The minimum Gasteiger partial charge on any atom is -0.384 e. The Morgan fingerprint density at radius 1 is 1.41 bits per heavy atom. The summed E-state index contributed by atoms with van der Waals surface area (Å²) in [5.41, 5.74) is 1.37. The van der Waals surface area contributed by atoms with E-state index in [9.17, 15) is 0 Å². The summed E-state index contributed by atoms with van der Waals surface area (Å²) in [6.07, 6.45) is 13.1. The van der Waals surface area contributed by atoms with Crippen LogP contribution in [0, 0.1) is 0 Å². The molecule has 0 aliphatic carbocycles. The predicted octanol–water partition coefficient (Wildman–Crippen LogP) is 3.82. The molecule has 1 unspecified atom stereocenters. The molecule has 1 aromatic rings. The molecule has 1 aromatic heterocycles. The summed E-state index contributed by atoms with van der Waals surface area (Å²) < 4.78 is 0. The Kier molecular flexibility index (Phi) is 6.38. The lowest BCUT2D eigenvalue weighted by Crippen LogP contribution is -2.02. The maximum atomic E-state index is 4.22. The first-order valence-electron chi connectivity index (χ1n) is 6.47. The molecular weight excluding hydrogens is 208 g/mol. The van der Waals surface area contributed by atoms with Crippen LogP contribution in [0.2, 0.25) is 0 Å². The molecule has 0 aliphatic heterocycles. The highest BCUT2D eigenvalue weighted by molar-refractivity contribution is 5.15. The molecule has 0 aliphatic rings. The van der Waals surface area contributed by atoms with Gasteiger partial charge in [-0.3, -0.25) is 4.98 Å². The zero-order valence-corrected chi connectivity index (χ0v) is 11.3. The van der Waals surface area contributed by atoms with Crippen molar-refractivity contribution in [2.75, 3.05) is 14.1 Å². The number of rotatable bonds is 7. The van der Waals surface area contributed by atoms with Gasteiger partial charge < -0.3 is 4.90 Å². The maximum absolute atomic E-state index is 4.22. The second-order valence-corrected chi connectivity index (χ2v) is 4.71. The second-order valence-electron chi connectivity index (χ2n) is 4.71. The number of allylic oxidation sites excluding steroid dienone is 1. The van der Waals surface area contributed by atoms with E-state index in [1.807, 2.05) is 18.5 Å². The molecule has 0 spiro atoms. The number of pyridine rings is 1. The summed E-state index contributed by atoms with van der Waals surface area (Å²) in [7, 11) is 4.11. The summed E-state index contributed by atoms with van der Waals surface area (Å²) >= 11 is 0. The first-order valence-corrected chi connectivity index (χ1v) is 6.47. The Morgan fingerprint density at radius 2 is 2.24 bits per heavy atom. The van der Waals surface area contributed by atoms with Crippen LogP contribution < -0.4 is 0 Å². The van der Waals surface area contributed by atoms with Gasteiger partial charge in [-0.2, -0.15) is 0 Å². The first-order chi connectivity index (χ1) is 8.24. The van der Waals surface area contributed by atoms with Crippen LogP contribution in [-0.4, -0.2) is 24.0 Å². The fourth-order valence-electron chi connectivity index (χ4n) is 1.92. The zero-order chi connectivity index (χ0) is 12.5. The van der Waals surface area contributed by atoms with Gasteiger partial charge in [0.25, 0.3) is 0 Å². The lowest BCUT2D eigenvalue weighted by molar-refractivity contribution is 0.549. The van der Waals surface area contributed by atoms with Crippen molar-refractivity contribution in [2.24, 2.45) is 0 Å². The van der Waals surface area contributed by atoms with Crippen molar-refractivity contribution in [1.29, 1.82) is 0 Å². The molecule has 0 bridgehead atoms. The Labute approximate surface area is 105 Å². The van der Waals surface area contributed by atoms with E-state index in [0.29, 0.717) is 5.92 Å². The average molecular weight is 232 g/mol. The molecule has 2 nitrogen and oxygen atoms in total. The van der Waals surface area contributed by atoms with E-state index < -0.39 is 0 Å². The number of nitrogens with zero attached hydrogens (tertiary/aromatic N) is 2. The molecule has 17 heavy (non-hydrogen) atoms. The summed E-state index contributed by atoms with van der Waals surface area (Å²) in [4.78, 5) is 6.31. The number of unbranched alkanes of at least 4 members (excludes halogenated alkanes) is 1. The fraction of sp³-hybridized carbons (Fsp3) is 0.533. The lowest BCUT2D eigenvalue weighted by atomic mass is 9.92. The van der Waals surface area contributed by atoms with Crippen molar-refractivity contribution in [3.63, 3.8) is 0 Å². The van der Waals surface area contributed by atoms with Gasteiger partial charge in [0, 0.05) is 26.5 Å². The van der Waals surface area contributed by atoms with E-state index >= 15 is 0 Å². The molecule has 0 fully saturated rings. The molecule has 2 heteroatoms. The van der Waals surface area contributed by atoms with Gasteiger partial charge >= 0.3 is 0 Å².